The van der Waals surface area contributed by atoms with Crippen molar-refractivity contribution in [1.29, 1.82) is 0 Å². The predicted molar refractivity (Wildman–Crippen MR) is 91.9 cm³/mol. The molecule has 6 heteroatoms. The van der Waals surface area contributed by atoms with Crippen LogP contribution in [0.4, 0.5) is 0 Å². The highest BCUT2D eigenvalue weighted by molar-refractivity contribution is 7.22. The van der Waals surface area contributed by atoms with Crippen LogP contribution in [-0.2, 0) is 7.05 Å². The Labute approximate surface area is 136 Å². The molecule has 2 aromatic heterocycles. The highest BCUT2D eigenvalue weighted by atomic mass is 32.1. The highest BCUT2D eigenvalue weighted by Gasteiger charge is 2.24. The number of carboxylic acid groups (broad SMARTS) is 1. The number of rotatable bonds is 5. The molecule has 120 valence electrons. The van der Waals surface area contributed by atoms with Gasteiger partial charge in [0.1, 0.15) is 5.39 Å². The second kappa shape index (κ2) is 6.04. The van der Waals surface area contributed by atoms with E-state index < -0.39 is 5.97 Å². The molecule has 0 radical (unpaired) electrons. The van der Waals surface area contributed by atoms with Gasteiger partial charge in [-0.05, 0) is 12.5 Å². The lowest BCUT2D eigenvalue weighted by Gasteiger charge is -2.08. The van der Waals surface area contributed by atoms with E-state index in [-0.39, 0.29) is 16.2 Å². The third-order valence-corrected chi connectivity index (χ3v) is 5.02. The van der Waals surface area contributed by atoms with E-state index >= 15 is 0 Å². The van der Waals surface area contributed by atoms with Gasteiger partial charge in [-0.15, -0.1) is 11.3 Å². The van der Waals surface area contributed by atoms with Crippen molar-refractivity contribution in [2.24, 2.45) is 7.05 Å². The number of aryl methyl sites for hydroxylation is 1. The first kappa shape index (κ1) is 15.6. The Hall–Kier alpha value is -2.34. The van der Waals surface area contributed by atoms with Crippen molar-refractivity contribution < 1.29 is 14.6 Å². The topological polar surface area (TPSA) is 68.5 Å². The molecule has 0 bridgehead atoms. The number of ether oxygens (including phenoxy) is 1. The molecule has 5 nitrogen and oxygen atoms in total. The molecule has 0 saturated heterocycles. The number of thiophene rings is 1. The predicted octanol–water partition coefficient (Wildman–Crippen LogP) is 3.63. The van der Waals surface area contributed by atoms with Gasteiger partial charge in [0.15, 0.2) is 10.6 Å². The SMILES string of the molecule is CCCCOc1c(C(=O)O)sc2c1c(=O)n(C)c1ccccc21. The van der Waals surface area contributed by atoms with Crippen LogP contribution in [0.25, 0.3) is 21.0 Å². The molecule has 0 amide bonds. The zero-order valence-electron chi connectivity index (χ0n) is 13.0. The molecule has 0 spiro atoms. The molecule has 0 fully saturated rings. The Morgan fingerprint density at radius 1 is 1.35 bits per heavy atom. The van der Waals surface area contributed by atoms with E-state index in [9.17, 15) is 14.7 Å². The zero-order chi connectivity index (χ0) is 16.6. The third-order valence-electron chi connectivity index (χ3n) is 3.83. The summed E-state index contributed by atoms with van der Waals surface area (Å²) in [5.41, 5.74) is 0.553. The molecule has 1 aromatic carbocycles. The van der Waals surface area contributed by atoms with E-state index in [0.29, 0.717) is 16.7 Å². The Morgan fingerprint density at radius 2 is 2.09 bits per heavy atom. The maximum absolute atomic E-state index is 12.7. The van der Waals surface area contributed by atoms with Crippen LogP contribution in [0, 0.1) is 0 Å². The lowest BCUT2D eigenvalue weighted by atomic mass is 10.1. The van der Waals surface area contributed by atoms with Crippen molar-refractivity contribution in [2.45, 2.75) is 19.8 Å². The van der Waals surface area contributed by atoms with Crippen LogP contribution in [0.1, 0.15) is 29.4 Å². The summed E-state index contributed by atoms with van der Waals surface area (Å²) in [6, 6.07) is 7.49. The van der Waals surface area contributed by atoms with Crippen molar-refractivity contribution >= 4 is 38.3 Å². The molecular weight excluding hydrogens is 314 g/mol. The zero-order valence-corrected chi connectivity index (χ0v) is 13.8. The van der Waals surface area contributed by atoms with Crippen LogP contribution in [0.2, 0.25) is 0 Å². The van der Waals surface area contributed by atoms with Gasteiger partial charge < -0.3 is 14.4 Å². The number of nitrogens with zero attached hydrogens (tertiary/aromatic N) is 1. The molecular formula is C17H17NO4S. The third kappa shape index (κ3) is 2.49. The molecule has 0 saturated carbocycles. The van der Waals surface area contributed by atoms with Crippen molar-refractivity contribution in [2.75, 3.05) is 6.61 Å². The minimum Gasteiger partial charge on any atom is -0.491 e. The van der Waals surface area contributed by atoms with Gasteiger partial charge in [0.2, 0.25) is 0 Å². The van der Waals surface area contributed by atoms with E-state index in [2.05, 4.69) is 0 Å². The molecule has 0 aliphatic carbocycles. The van der Waals surface area contributed by atoms with Crippen LogP contribution in [0.3, 0.4) is 0 Å². The minimum absolute atomic E-state index is 0.0876. The minimum atomic E-state index is -1.07. The quantitative estimate of drug-likeness (QED) is 0.725. The van der Waals surface area contributed by atoms with E-state index in [1.165, 1.54) is 0 Å². The molecule has 2 heterocycles. The number of para-hydroxylation sites is 1. The number of aromatic carboxylic acids is 1. The standard InChI is InChI=1S/C17H17NO4S/c1-3-4-9-22-13-12-14(23-15(13)17(20)21)10-7-5-6-8-11(10)18(2)16(12)19/h5-8H,3-4,9H2,1-2H3,(H,20,21). The Balaban J connectivity index is 2.38. The normalized spacial score (nSPS) is 11.2. The number of benzene rings is 1. The fraction of sp³-hybridized carbons (Fsp3) is 0.294. The monoisotopic (exact) mass is 331 g/mol. The van der Waals surface area contributed by atoms with Crippen molar-refractivity contribution in [3.8, 4) is 5.75 Å². The van der Waals surface area contributed by atoms with Crippen LogP contribution < -0.4 is 10.3 Å². The molecule has 0 unspecified atom stereocenters. The second-order valence-electron chi connectivity index (χ2n) is 5.35. The number of carbonyl (C=O) groups is 1. The number of hydrogen-bond donors (Lipinski definition) is 1. The first-order chi connectivity index (χ1) is 11.1. The van der Waals surface area contributed by atoms with E-state index in [1.54, 1.807) is 11.6 Å². The van der Waals surface area contributed by atoms with Gasteiger partial charge in [-0.3, -0.25) is 4.79 Å². The first-order valence-electron chi connectivity index (χ1n) is 7.46. The summed E-state index contributed by atoms with van der Waals surface area (Å²) in [6.07, 6.45) is 1.75. The summed E-state index contributed by atoms with van der Waals surface area (Å²) >= 11 is 1.10. The molecule has 23 heavy (non-hydrogen) atoms. The van der Waals surface area contributed by atoms with E-state index in [4.69, 9.17) is 4.74 Å². The van der Waals surface area contributed by atoms with Crippen LogP contribution >= 0.6 is 11.3 Å². The number of carboxylic acids is 1. The number of fused-ring (bicyclic) bond motifs is 3. The van der Waals surface area contributed by atoms with E-state index in [0.717, 1.165) is 35.1 Å². The summed E-state index contributed by atoms with van der Waals surface area (Å²) in [6.45, 7) is 2.43. The van der Waals surface area contributed by atoms with Gasteiger partial charge in [-0.2, -0.15) is 0 Å². The van der Waals surface area contributed by atoms with E-state index in [1.807, 2.05) is 31.2 Å². The molecule has 3 aromatic rings. The van der Waals surface area contributed by atoms with Crippen LogP contribution in [0.15, 0.2) is 29.1 Å². The fourth-order valence-corrected chi connectivity index (χ4v) is 3.74. The average molecular weight is 331 g/mol. The van der Waals surface area contributed by atoms with Gasteiger partial charge in [0.05, 0.1) is 16.8 Å². The van der Waals surface area contributed by atoms with Gasteiger partial charge >= 0.3 is 5.97 Å². The first-order valence-corrected chi connectivity index (χ1v) is 8.28. The maximum Gasteiger partial charge on any atom is 0.349 e. The maximum atomic E-state index is 12.7. The van der Waals surface area contributed by atoms with Gasteiger partial charge in [0, 0.05) is 12.4 Å². The summed E-state index contributed by atoms with van der Waals surface area (Å²) in [7, 11) is 1.69. The Bertz CT molecular complexity index is 955. The smallest absolute Gasteiger partial charge is 0.349 e. The number of pyridine rings is 1. The van der Waals surface area contributed by atoms with Crippen LogP contribution in [-0.4, -0.2) is 22.2 Å². The lowest BCUT2D eigenvalue weighted by molar-refractivity contribution is 0.0698. The summed E-state index contributed by atoms with van der Waals surface area (Å²) < 4.78 is 7.91. The van der Waals surface area contributed by atoms with Crippen molar-refractivity contribution in [1.82, 2.24) is 4.57 Å². The van der Waals surface area contributed by atoms with Crippen LogP contribution in [0.5, 0.6) is 5.75 Å². The summed E-state index contributed by atoms with van der Waals surface area (Å²) in [5, 5.41) is 10.7. The average Bonchev–Trinajstić information content (AvgIpc) is 2.93. The fourth-order valence-electron chi connectivity index (χ4n) is 2.63. The molecule has 1 N–H and O–H groups in total. The molecule has 3 rings (SSSR count). The van der Waals surface area contributed by atoms with Gasteiger partial charge in [-0.1, -0.05) is 31.5 Å². The Morgan fingerprint density at radius 3 is 2.78 bits per heavy atom. The highest BCUT2D eigenvalue weighted by Crippen LogP contribution is 2.39. The second-order valence-corrected chi connectivity index (χ2v) is 6.37. The van der Waals surface area contributed by atoms with Gasteiger partial charge in [-0.25, -0.2) is 4.79 Å². The van der Waals surface area contributed by atoms with Crippen molar-refractivity contribution in [3.05, 3.63) is 39.5 Å². The summed E-state index contributed by atoms with van der Waals surface area (Å²) in [4.78, 5) is 24.4. The van der Waals surface area contributed by atoms with Gasteiger partial charge in [0.25, 0.3) is 5.56 Å². The largest absolute Gasteiger partial charge is 0.491 e. The number of hydrogen-bond acceptors (Lipinski definition) is 4. The van der Waals surface area contributed by atoms with Crippen molar-refractivity contribution in [3.63, 3.8) is 0 Å². The number of unbranched alkanes of at least 4 members (excludes halogenated alkanes) is 1. The number of aromatic nitrogens is 1. The molecule has 0 aliphatic rings. The molecule has 0 atom stereocenters. The Kier molecular flexibility index (Phi) is 4.09. The molecule has 0 aliphatic heterocycles. The summed E-state index contributed by atoms with van der Waals surface area (Å²) in [5.74, 6) is -0.860. The lowest BCUT2D eigenvalue weighted by Crippen LogP contribution is -2.17.